The lowest BCUT2D eigenvalue weighted by molar-refractivity contribution is -0.384. The quantitative estimate of drug-likeness (QED) is 0.340. The third kappa shape index (κ3) is 5.97. The maximum Gasteiger partial charge on any atom is 0.335 e. The van der Waals surface area contributed by atoms with Gasteiger partial charge in [0.05, 0.1) is 20.6 Å². The lowest BCUT2D eigenvalue weighted by Crippen LogP contribution is -2.09. The van der Waals surface area contributed by atoms with Crippen LogP contribution >= 0.6 is 0 Å². The fourth-order valence-electron chi connectivity index (χ4n) is 1.55. The highest BCUT2D eigenvalue weighted by Crippen LogP contribution is 2.19. The Kier molecular flexibility index (Phi) is 6.81. The Morgan fingerprint density at radius 1 is 1.18 bits per heavy atom. The number of nitro groups is 1. The molecule has 0 aliphatic heterocycles. The van der Waals surface area contributed by atoms with Gasteiger partial charge in [-0.3, -0.25) is 14.9 Å². The molecule has 0 aromatic heterocycles. The zero-order chi connectivity index (χ0) is 16.2. The maximum atomic E-state index is 11.8. The molecule has 1 aromatic carbocycles. The first-order valence-electron chi connectivity index (χ1n) is 5.59. The summed E-state index contributed by atoms with van der Waals surface area (Å²) in [5.74, 6) is -2.85. The molecular formula is C12H14NO8S-. The van der Waals surface area contributed by atoms with E-state index in [0.29, 0.717) is 0 Å². The molecule has 0 atom stereocenters. The Labute approximate surface area is 126 Å². The average molecular weight is 332 g/mol. The number of carbonyl (C=O) groups is 2. The molecule has 0 heterocycles. The molecule has 0 saturated heterocycles. The van der Waals surface area contributed by atoms with Gasteiger partial charge in [-0.05, 0) is 12.5 Å². The molecule has 0 aliphatic carbocycles. The van der Waals surface area contributed by atoms with Crippen LogP contribution < -0.4 is 0 Å². The van der Waals surface area contributed by atoms with Crippen molar-refractivity contribution < 1.29 is 32.6 Å². The van der Waals surface area contributed by atoms with Crippen molar-refractivity contribution in [1.29, 1.82) is 0 Å². The molecule has 0 bridgehead atoms. The van der Waals surface area contributed by atoms with Crippen LogP contribution in [0.25, 0.3) is 0 Å². The van der Waals surface area contributed by atoms with Gasteiger partial charge < -0.3 is 9.66 Å². The number of ketones is 1. The summed E-state index contributed by atoms with van der Waals surface area (Å²) < 4.78 is 31.2. The van der Waals surface area contributed by atoms with E-state index in [1.165, 1.54) is 0 Å². The molecule has 0 amide bonds. The van der Waals surface area contributed by atoms with Gasteiger partial charge in [-0.15, -0.1) is 0 Å². The van der Waals surface area contributed by atoms with E-state index < -0.39 is 43.8 Å². The third-order valence-corrected chi connectivity index (χ3v) is 3.28. The summed E-state index contributed by atoms with van der Waals surface area (Å²) in [5.41, 5.74) is -1.21. The van der Waals surface area contributed by atoms with Crippen molar-refractivity contribution in [1.82, 2.24) is 0 Å². The number of hydrogen-bond acceptors (Lipinski definition) is 7. The molecule has 0 aliphatic rings. The van der Waals surface area contributed by atoms with Crippen LogP contribution in [0.2, 0.25) is 0 Å². The molecule has 22 heavy (non-hydrogen) atoms. The van der Waals surface area contributed by atoms with Crippen molar-refractivity contribution in [2.45, 2.75) is 20.3 Å². The largest absolute Gasteiger partial charge is 0.748 e. The average Bonchev–Trinajstić information content (AvgIpc) is 2.36. The molecule has 0 saturated carbocycles. The first-order valence-corrected chi connectivity index (χ1v) is 7.17. The molecule has 122 valence electrons. The Bertz CT molecular complexity index is 663. The fraction of sp³-hybridized carbons (Fsp3) is 0.333. The molecule has 0 spiro atoms. The minimum atomic E-state index is -4.45. The number of nitrogens with zero attached hydrogens (tertiary/aromatic N) is 1. The number of non-ortho nitro benzene ring substituents is 1. The Balaban J connectivity index is 0.00000441. The van der Waals surface area contributed by atoms with Crippen LogP contribution in [-0.2, 0) is 10.1 Å². The molecule has 10 heteroatoms. The summed E-state index contributed by atoms with van der Waals surface area (Å²) in [6.45, 7) is 0. The summed E-state index contributed by atoms with van der Waals surface area (Å²) in [6, 6.07) is 2.67. The van der Waals surface area contributed by atoms with Gasteiger partial charge in [-0.2, -0.15) is 0 Å². The first kappa shape index (κ1) is 19.7. The van der Waals surface area contributed by atoms with E-state index in [1.54, 1.807) is 0 Å². The second-order valence-electron chi connectivity index (χ2n) is 4.12. The highest BCUT2D eigenvalue weighted by molar-refractivity contribution is 7.85. The van der Waals surface area contributed by atoms with Gasteiger partial charge >= 0.3 is 5.97 Å². The van der Waals surface area contributed by atoms with Gasteiger partial charge in [0.25, 0.3) is 5.69 Å². The van der Waals surface area contributed by atoms with Gasteiger partial charge in [-0.1, -0.05) is 7.43 Å². The zero-order valence-corrected chi connectivity index (χ0v) is 11.3. The van der Waals surface area contributed by atoms with Crippen LogP contribution in [0.15, 0.2) is 18.2 Å². The van der Waals surface area contributed by atoms with Crippen molar-refractivity contribution in [2.75, 3.05) is 5.75 Å². The van der Waals surface area contributed by atoms with Crippen LogP contribution in [0, 0.1) is 10.1 Å². The van der Waals surface area contributed by atoms with Gasteiger partial charge in [0.2, 0.25) is 0 Å². The molecule has 1 N–H and O–H groups in total. The van der Waals surface area contributed by atoms with E-state index >= 15 is 0 Å². The van der Waals surface area contributed by atoms with Gasteiger partial charge in [0.1, 0.15) is 0 Å². The normalized spacial score (nSPS) is 10.6. The monoisotopic (exact) mass is 332 g/mol. The number of aromatic carboxylic acids is 1. The van der Waals surface area contributed by atoms with E-state index in [9.17, 15) is 32.7 Å². The number of carbonyl (C=O) groups excluding carboxylic acids is 1. The zero-order valence-electron chi connectivity index (χ0n) is 10.5. The highest BCUT2D eigenvalue weighted by atomic mass is 32.2. The summed E-state index contributed by atoms with van der Waals surface area (Å²) in [5, 5.41) is 19.5. The van der Waals surface area contributed by atoms with Crippen molar-refractivity contribution in [2.24, 2.45) is 0 Å². The van der Waals surface area contributed by atoms with E-state index in [4.69, 9.17) is 5.11 Å². The fourth-order valence-corrected chi connectivity index (χ4v) is 2.05. The minimum Gasteiger partial charge on any atom is -0.748 e. The second-order valence-corrected chi connectivity index (χ2v) is 5.64. The van der Waals surface area contributed by atoms with Crippen molar-refractivity contribution in [3.63, 3.8) is 0 Å². The number of carboxylic acid groups (broad SMARTS) is 1. The Morgan fingerprint density at radius 3 is 2.18 bits per heavy atom. The summed E-state index contributed by atoms with van der Waals surface area (Å²) in [6.07, 6.45) is -0.572. The maximum absolute atomic E-state index is 11.8. The van der Waals surface area contributed by atoms with Crippen LogP contribution in [0.4, 0.5) is 5.69 Å². The second kappa shape index (κ2) is 7.61. The summed E-state index contributed by atoms with van der Waals surface area (Å²) in [7, 11) is -4.45. The van der Waals surface area contributed by atoms with Gasteiger partial charge in [0.15, 0.2) is 5.78 Å². The molecule has 0 unspecified atom stereocenters. The lowest BCUT2D eigenvalue weighted by Gasteiger charge is -2.06. The predicted molar refractivity (Wildman–Crippen MR) is 74.9 cm³/mol. The molecule has 9 nitrogen and oxygen atoms in total. The van der Waals surface area contributed by atoms with Crippen molar-refractivity contribution >= 4 is 27.6 Å². The topological polar surface area (TPSA) is 155 Å². The molecule has 0 radical (unpaired) electrons. The van der Waals surface area contributed by atoms with Crippen LogP contribution in [0.1, 0.15) is 41.0 Å². The summed E-state index contributed by atoms with van der Waals surface area (Å²) in [4.78, 5) is 32.4. The molecule has 1 rings (SSSR count). The van der Waals surface area contributed by atoms with Crippen LogP contribution in [0.3, 0.4) is 0 Å². The SMILES string of the molecule is C.O=C(O)c1cc(C(=O)CCCS(=O)(=O)[O-])cc([N+](=O)[O-])c1. The number of benzene rings is 1. The molecular weight excluding hydrogens is 318 g/mol. The van der Waals surface area contributed by atoms with E-state index in [-0.39, 0.29) is 25.8 Å². The molecule has 1 aromatic rings. The van der Waals surface area contributed by atoms with E-state index in [0.717, 1.165) is 18.2 Å². The van der Waals surface area contributed by atoms with E-state index in [1.807, 2.05) is 0 Å². The van der Waals surface area contributed by atoms with Crippen molar-refractivity contribution in [3.05, 3.63) is 39.4 Å². The molecule has 0 fully saturated rings. The number of Topliss-reactive ketones (excluding diaryl/α,β-unsaturated/α-hetero) is 1. The smallest absolute Gasteiger partial charge is 0.335 e. The van der Waals surface area contributed by atoms with E-state index in [2.05, 4.69) is 0 Å². The standard InChI is InChI=1S/C11H11NO8S.CH4/c13-10(2-1-3-21(18,19)20)7-4-8(11(14)15)6-9(5-7)12(16)17;/h4-6H,1-3H2,(H,14,15)(H,18,19,20);1H4/p-1. The number of rotatable bonds is 7. The first-order chi connectivity index (χ1) is 9.60. The number of hydrogen-bond donors (Lipinski definition) is 1. The van der Waals surface area contributed by atoms with Crippen LogP contribution in [-0.4, -0.2) is 40.5 Å². The van der Waals surface area contributed by atoms with Crippen LogP contribution in [0.5, 0.6) is 0 Å². The van der Waals surface area contributed by atoms with Crippen molar-refractivity contribution in [3.8, 4) is 0 Å². The number of nitro benzene ring substituents is 1. The highest BCUT2D eigenvalue weighted by Gasteiger charge is 2.17. The minimum absolute atomic E-state index is 0. The summed E-state index contributed by atoms with van der Waals surface area (Å²) >= 11 is 0. The van der Waals surface area contributed by atoms with Gasteiger partial charge in [-0.25, -0.2) is 13.2 Å². The third-order valence-electron chi connectivity index (χ3n) is 2.50. The van der Waals surface area contributed by atoms with Gasteiger partial charge in [0, 0.05) is 29.9 Å². The Morgan fingerprint density at radius 2 is 1.73 bits per heavy atom. The lowest BCUT2D eigenvalue weighted by atomic mass is 10.0. The Hall–Kier alpha value is -2.33. The number of carboxylic acids is 1. The predicted octanol–water partition coefficient (Wildman–Crippen LogP) is 1.44.